The van der Waals surface area contributed by atoms with Gasteiger partial charge in [-0.25, -0.2) is 9.18 Å². The first-order valence-corrected chi connectivity index (χ1v) is 2.67. The fourth-order valence-electron chi connectivity index (χ4n) is 0.438. The molecule has 5 heteroatoms. The van der Waals surface area contributed by atoms with Crippen molar-refractivity contribution < 1.29 is 19.0 Å². The summed E-state index contributed by atoms with van der Waals surface area (Å²) in [5, 5.41) is 5.98. The summed E-state index contributed by atoms with van der Waals surface area (Å²) in [6.07, 6.45) is -2.49. The Morgan fingerprint density at radius 2 is 2.44 bits per heavy atom. The van der Waals surface area contributed by atoms with Crippen molar-refractivity contribution in [2.75, 3.05) is 0 Å². The molecule has 0 saturated heterocycles. The Morgan fingerprint density at radius 1 is 2.00 bits per heavy atom. The molecule has 1 aliphatic carbocycles. The van der Waals surface area contributed by atoms with E-state index in [4.69, 9.17) is 16.7 Å². The highest BCUT2D eigenvalue weighted by Gasteiger charge is 2.58. The molecule has 0 amide bonds. The first-order chi connectivity index (χ1) is 4.02. The van der Waals surface area contributed by atoms with Crippen LogP contribution >= 0.6 is 11.6 Å². The minimum absolute atomic E-state index is 0.0408. The third-order valence-corrected chi connectivity index (χ3v) is 1.41. The molecule has 0 spiro atoms. The molecule has 1 aliphatic rings. The molecule has 0 unspecified atom stereocenters. The molecule has 0 aromatic heterocycles. The zero-order valence-electron chi connectivity index (χ0n) is 4.30. The second kappa shape index (κ2) is 1.73. The molecular formula is C4H4ClFO3. The number of halogens is 2. The van der Waals surface area contributed by atoms with Crippen molar-refractivity contribution in [2.45, 2.75) is 17.7 Å². The van der Waals surface area contributed by atoms with Crippen molar-refractivity contribution >= 4 is 17.8 Å². The van der Waals surface area contributed by atoms with Crippen LogP contribution in [0.1, 0.15) is 6.42 Å². The van der Waals surface area contributed by atoms with E-state index in [9.17, 15) is 9.18 Å². The van der Waals surface area contributed by atoms with Crippen molar-refractivity contribution in [3.63, 3.8) is 0 Å². The van der Waals surface area contributed by atoms with Gasteiger partial charge in [0.05, 0.1) is 0 Å². The number of ether oxygens (including phenoxy) is 1. The van der Waals surface area contributed by atoms with Gasteiger partial charge in [-0.1, -0.05) is 11.6 Å². The Bertz CT molecular complexity index is 147. The summed E-state index contributed by atoms with van der Waals surface area (Å²) in [6.45, 7) is 0. The molecule has 0 bridgehead atoms. The standard InChI is InChI=1S/C4H4ClFO3/c5-4(6)1-2(4)9-3(7)8/h2H,1H2,(H,7,8)/t2-,4-/m1/s1. The van der Waals surface area contributed by atoms with Gasteiger partial charge in [-0.3, -0.25) is 0 Å². The number of carboxylic acid groups (broad SMARTS) is 1. The molecule has 0 heterocycles. The molecule has 1 saturated carbocycles. The average Bonchev–Trinajstić information content (AvgIpc) is 2.10. The van der Waals surface area contributed by atoms with Crippen molar-refractivity contribution in [2.24, 2.45) is 0 Å². The molecular weight excluding hydrogens is 150 g/mol. The predicted molar refractivity (Wildman–Crippen MR) is 27.2 cm³/mol. The Labute approximate surface area is 55.4 Å². The van der Waals surface area contributed by atoms with Gasteiger partial charge in [0, 0.05) is 6.42 Å². The van der Waals surface area contributed by atoms with Crippen molar-refractivity contribution in [3.8, 4) is 0 Å². The van der Waals surface area contributed by atoms with Crippen LogP contribution in [0.2, 0.25) is 0 Å². The maximum absolute atomic E-state index is 12.2. The van der Waals surface area contributed by atoms with Crippen LogP contribution in [0.5, 0.6) is 0 Å². The van der Waals surface area contributed by atoms with E-state index in [1.807, 2.05) is 0 Å². The Morgan fingerprint density at radius 3 is 2.56 bits per heavy atom. The van der Waals surface area contributed by atoms with E-state index < -0.39 is 17.4 Å². The van der Waals surface area contributed by atoms with E-state index in [-0.39, 0.29) is 6.42 Å². The molecule has 0 radical (unpaired) electrons. The second-order valence-electron chi connectivity index (χ2n) is 1.84. The number of alkyl halides is 2. The molecule has 52 valence electrons. The van der Waals surface area contributed by atoms with Crippen LogP contribution in [0.15, 0.2) is 0 Å². The first kappa shape index (κ1) is 6.61. The maximum atomic E-state index is 12.2. The topological polar surface area (TPSA) is 46.5 Å². The van der Waals surface area contributed by atoms with Crippen LogP contribution in [0.25, 0.3) is 0 Å². The minimum Gasteiger partial charge on any atom is -0.450 e. The fraction of sp³-hybridized carbons (Fsp3) is 0.750. The minimum atomic E-state index is -1.93. The predicted octanol–water partition coefficient (Wildman–Crippen LogP) is 1.36. The van der Waals surface area contributed by atoms with Crippen LogP contribution in [0.3, 0.4) is 0 Å². The van der Waals surface area contributed by atoms with Crippen LogP contribution in [-0.2, 0) is 4.74 Å². The van der Waals surface area contributed by atoms with E-state index in [0.717, 1.165) is 0 Å². The number of hydrogen-bond donors (Lipinski definition) is 1. The van der Waals surface area contributed by atoms with Crippen LogP contribution in [0.4, 0.5) is 9.18 Å². The Hall–Kier alpha value is -0.510. The quantitative estimate of drug-likeness (QED) is 0.458. The van der Waals surface area contributed by atoms with Crippen LogP contribution in [-0.4, -0.2) is 22.5 Å². The van der Waals surface area contributed by atoms with Gasteiger partial charge in [-0.2, -0.15) is 0 Å². The summed E-state index contributed by atoms with van der Waals surface area (Å²) in [7, 11) is 0. The van der Waals surface area contributed by atoms with E-state index in [2.05, 4.69) is 4.74 Å². The third kappa shape index (κ3) is 1.45. The number of carbonyl (C=O) groups is 1. The van der Waals surface area contributed by atoms with Gasteiger partial charge < -0.3 is 9.84 Å². The summed E-state index contributed by atoms with van der Waals surface area (Å²) in [4.78, 5) is 9.69. The highest BCUT2D eigenvalue weighted by Crippen LogP contribution is 2.46. The van der Waals surface area contributed by atoms with Gasteiger partial charge >= 0.3 is 6.16 Å². The lowest BCUT2D eigenvalue weighted by molar-refractivity contribution is 0.0742. The largest absolute Gasteiger partial charge is 0.506 e. The van der Waals surface area contributed by atoms with E-state index in [0.29, 0.717) is 0 Å². The van der Waals surface area contributed by atoms with E-state index in [1.165, 1.54) is 0 Å². The Kier molecular flexibility index (Phi) is 1.27. The number of hydrogen-bond acceptors (Lipinski definition) is 2. The van der Waals surface area contributed by atoms with Crippen LogP contribution in [0, 0.1) is 0 Å². The third-order valence-electron chi connectivity index (χ3n) is 1.01. The number of rotatable bonds is 1. The van der Waals surface area contributed by atoms with Gasteiger partial charge in [0.1, 0.15) is 0 Å². The lowest BCUT2D eigenvalue weighted by atomic mass is 10.8. The van der Waals surface area contributed by atoms with Gasteiger partial charge in [0.15, 0.2) is 6.10 Å². The molecule has 3 nitrogen and oxygen atoms in total. The highest BCUT2D eigenvalue weighted by molar-refractivity contribution is 6.25. The smallest absolute Gasteiger partial charge is 0.450 e. The molecule has 2 atom stereocenters. The summed E-state index contributed by atoms with van der Waals surface area (Å²) in [5.74, 6) is 0. The van der Waals surface area contributed by atoms with Gasteiger partial charge in [-0.15, -0.1) is 0 Å². The molecule has 1 rings (SSSR count). The van der Waals surface area contributed by atoms with Gasteiger partial charge in [-0.05, 0) is 0 Å². The van der Waals surface area contributed by atoms with Crippen molar-refractivity contribution in [1.29, 1.82) is 0 Å². The fourth-order valence-corrected chi connectivity index (χ4v) is 0.623. The van der Waals surface area contributed by atoms with Crippen LogP contribution < -0.4 is 0 Å². The lowest BCUT2D eigenvalue weighted by Crippen LogP contribution is -2.07. The normalized spacial score (nSPS) is 40.0. The Balaban J connectivity index is 2.28. The second-order valence-corrected chi connectivity index (χ2v) is 2.47. The zero-order chi connectivity index (χ0) is 7.07. The van der Waals surface area contributed by atoms with Crippen molar-refractivity contribution in [1.82, 2.24) is 0 Å². The van der Waals surface area contributed by atoms with E-state index >= 15 is 0 Å². The summed E-state index contributed by atoms with van der Waals surface area (Å²) < 4.78 is 16.2. The summed E-state index contributed by atoms with van der Waals surface area (Å²) in [5.41, 5.74) is 0. The van der Waals surface area contributed by atoms with E-state index in [1.54, 1.807) is 0 Å². The maximum Gasteiger partial charge on any atom is 0.506 e. The lowest BCUT2D eigenvalue weighted by Gasteiger charge is -1.95. The molecule has 0 aromatic carbocycles. The van der Waals surface area contributed by atoms with Gasteiger partial charge in [0.25, 0.3) is 0 Å². The summed E-state index contributed by atoms with van der Waals surface area (Å²) in [6, 6.07) is 0. The molecule has 1 fully saturated rings. The zero-order valence-corrected chi connectivity index (χ0v) is 5.06. The SMILES string of the molecule is O=C(O)O[C@@H]1C[C@]1(F)Cl. The molecule has 9 heavy (non-hydrogen) atoms. The van der Waals surface area contributed by atoms with Gasteiger partial charge in [0.2, 0.25) is 5.13 Å². The van der Waals surface area contributed by atoms with Crippen molar-refractivity contribution in [3.05, 3.63) is 0 Å². The summed E-state index contributed by atoms with van der Waals surface area (Å²) >= 11 is 5.00. The first-order valence-electron chi connectivity index (χ1n) is 2.30. The molecule has 0 aliphatic heterocycles. The highest BCUT2D eigenvalue weighted by atomic mass is 35.5. The molecule has 1 N–H and O–H groups in total. The monoisotopic (exact) mass is 154 g/mol. The molecule has 0 aromatic rings. The average molecular weight is 155 g/mol.